The summed E-state index contributed by atoms with van der Waals surface area (Å²) < 4.78 is 19.0. The van der Waals surface area contributed by atoms with E-state index in [1.807, 2.05) is 6.92 Å². The van der Waals surface area contributed by atoms with Crippen molar-refractivity contribution in [1.29, 1.82) is 0 Å². The molecule has 1 heterocycles. The van der Waals surface area contributed by atoms with Gasteiger partial charge in [-0.3, -0.25) is 0 Å². The standard InChI is InChI=1S/C14H17ClFN3O/c1-3-7-17-12(4-2)14-19-18-13(20-14)9-5-6-10(15)11(16)8-9/h5-6,8,12,17H,3-4,7H2,1-2H3. The molecule has 1 aromatic carbocycles. The van der Waals surface area contributed by atoms with Crippen molar-refractivity contribution in [1.82, 2.24) is 15.5 Å². The lowest BCUT2D eigenvalue weighted by Gasteiger charge is -2.11. The van der Waals surface area contributed by atoms with E-state index < -0.39 is 5.82 Å². The second-order valence-electron chi connectivity index (χ2n) is 4.49. The molecule has 2 aromatic rings. The van der Waals surface area contributed by atoms with Gasteiger partial charge in [-0.1, -0.05) is 25.4 Å². The lowest BCUT2D eigenvalue weighted by Crippen LogP contribution is -2.21. The summed E-state index contributed by atoms with van der Waals surface area (Å²) in [5.74, 6) is 0.318. The molecule has 0 aliphatic carbocycles. The van der Waals surface area contributed by atoms with Crippen LogP contribution in [0.15, 0.2) is 22.6 Å². The maximum Gasteiger partial charge on any atom is 0.247 e. The first kappa shape index (κ1) is 14.9. The van der Waals surface area contributed by atoms with Gasteiger partial charge in [-0.15, -0.1) is 10.2 Å². The fraction of sp³-hybridized carbons (Fsp3) is 0.429. The summed E-state index contributed by atoms with van der Waals surface area (Å²) in [7, 11) is 0. The molecule has 0 aliphatic rings. The fourth-order valence-corrected chi connectivity index (χ4v) is 1.96. The number of hydrogen-bond acceptors (Lipinski definition) is 4. The summed E-state index contributed by atoms with van der Waals surface area (Å²) in [6.07, 6.45) is 1.87. The maximum atomic E-state index is 13.4. The van der Waals surface area contributed by atoms with Crippen molar-refractivity contribution >= 4 is 11.6 Å². The third-order valence-electron chi connectivity index (χ3n) is 2.95. The molecule has 0 fully saturated rings. The lowest BCUT2D eigenvalue weighted by molar-refractivity contribution is 0.396. The summed E-state index contributed by atoms with van der Waals surface area (Å²) in [5, 5.41) is 11.4. The van der Waals surface area contributed by atoms with Gasteiger partial charge in [-0.25, -0.2) is 4.39 Å². The Hall–Kier alpha value is -1.46. The highest BCUT2D eigenvalue weighted by Gasteiger charge is 2.17. The van der Waals surface area contributed by atoms with E-state index in [-0.39, 0.29) is 11.1 Å². The predicted octanol–water partition coefficient (Wildman–Crippen LogP) is 3.98. The number of aromatic nitrogens is 2. The summed E-state index contributed by atoms with van der Waals surface area (Å²) in [6, 6.07) is 4.44. The molecule has 0 bridgehead atoms. The van der Waals surface area contributed by atoms with Crippen molar-refractivity contribution in [3.05, 3.63) is 34.9 Å². The molecule has 1 atom stereocenters. The zero-order valence-corrected chi connectivity index (χ0v) is 12.2. The highest BCUT2D eigenvalue weighted by atomic mass is 35.5. The lowest BCUT2D eigenvalue weighted by atomic mass is 10.2. The maximum absolute atomic E-state index is 13.4. The Labute approximate surface area is 122 Å². The molecule has 0 aliphatic heterocycles. The van der Waals surface area contributed by atoms with Gasteiger partial charge in [-0.05, 0) is 37.6 Å². The van der Waals surface area contributed by atoms with Gasteiger partial charge in [0.25, 0.3) is 0 Å². The average molecular weight is 298 g/mol. The smallest absolute Gasteiger partial charge is 0.247 e. The molecule has 0 saturated heterocycles. The van der Waals surface area contributed by atoms with Gasteiger partial charge in [0.1, 0.15) is 5.82 Å². The molecule has 1 unspecified atom stereocenters. The topological polar surface area (TPSA) is 51.0 Å². The predicted molar refractivity (Wildman–Crippen MR) is 76.0 cm³/mol. The van der Waals surface area contributed by atoms with Crippen LogP contribution >= 0.6 is 11.6 Å². The molecule has 1 N–H and O–H groups in total. The van der Waals surface area contributed by atoms with Crippen LogP contribution in [0.25, 0.3) is 11.5 Å². The van der Waals surface area contributed by atoms with Crippen LogP contribution in [-0.2, 0) is 0 Å². The Morgan fingerprint density at radius 2 is 2.15 bits per heavy atom. The molecule has 2 rings (SSSR count). The molecular formula is C14H17ClFN3O. The number of benzene rings is 1. The molecule has 108 valence electrons. The molecule has 0 radical (unpaired) electrons. The van der Waals surface area contributed by atoms with E-state index in [0.29, 0.717) is 17.3 Å². The van der Waals surface area contributed by atoms with E-state index in [0.717, 1.165) is 19.4 Å². The number of nitrogens with one attached hydrogen (secondary N) is 1. The largest absolute Gasteiger partial charge is 0.419 e. The highest BCUT2D eigenvalue weighted by molar-refractivity contribution is 6.30. The SMILES string of the molecule is CCCNC(CC)c1nnc(-c2ccc(Cl)c(F)c2)o1. The molecule has 6 heteroatoms. The third-order valence-corrected chi connectivity index (χ3v) is 3.26. The van der Waals surface area contributed by atoms with Crippen molar-refractivity contribution in [3.8, 4) is 11.5 Å². The second kappa shape index (κ2) is 6.81. The molecule has 0 saturated carbocycles. The molecule has 0 spiro atoms. The number of halogens is 2. The normalized spacial score (nSPS) is 12.6. The van der Waals surface area contributed by atoms with E-state index in [2.05, 4.69) is 22.4 Å². The quantitative estimate of drug-likeness (QED) is 0.876. The molecule has 0 amide bonds. The molecular weight excluding hydrogens is 281 g/mol. The summed E-state index contributed by atoms with van der Waals surface area (Å²) in [4.78, 5) is 0. The van der Waals surface area contributed by atoms with Crippen LogP contribution in [0.5, 0.6) is 0 Å². The molecule has 1 aromatic heterocycles. The minimum absolute atomic E-state index is 0.0216. The Bertz CT molecular complexity index is 573. The molecule has 20 heavy (non-hydrogen) atoms. The van der Waals surface area contributed by atoms with Crippen LogP contribution in [-0.4, -0.2) is 16.7 Å². The van der Waals surface area contributed by atoms with Crippen LogP contribution in [0.3, 0.4) is 0 Å². The number of hydrogen-bond donors (Lipinski definition) is 1. The van der Waals surface area contributed by atoms with Gasteiger partial charge in [0.2, 0.25) is 11.8 Å². The van der Waals surface area contributed by atoms with Crippen molar-refractivity contribution in [2.75, 3.05) is 6.54 Å². The van der Waals surface area contributed by atoms with Crippen LogP contribution in [0.2, 0.25) is 5.02 Å². The van der Waals surface area contributed by atoms with Crippen molar-refractivity contribution in [3.63, 3.8) is 0 Å². The van der Waals surface area contributed by atoms with Crippen molar-refractivity contribution in [2.24, 2.45) is 0 Å². The Morgan fingerprint density at radius 1 is 1.35 bits per heavy atom. The third kappa shape index (κ3) is 3.35. The van der Waals surface area contributed by atoms with Gasteiger partial charge >= 0.3 is 0 Å². The van der Waals surface area contributed by atoms with Gasteiger partial charge in [-0.2, -0.15) is 0 Å². The Balaban J connectivity index is 2.20. The first-order chi connectivity index (χ1) is 9.65. The second-order valence-corrected chi connectivity index (χ2v) is 4.90. The van der Waals surface area contributed by atoms with Crippen LogP contribution in [0.4, 0.5) is 4.39 Å². The fourth-order valence-electron chi connectivity index (χ4n) is 1.85. The van der Waals surface area contributed by atoms with Crippen LogP contribution < -0.4 is 5.32 Å². The first-order valence-corrected chi connectivity index (χ1v) is 7.05. The van der Waals surface area contributed by atoms with E-state index >= 15 is 0 Å². The van der Waals surface area contributed by atoms with E-state index in [9.17, 15) is 4.39 Å². The zero-order valence-electron chi connectivity index (χ0n) is 11.5. The molecule has 4 nitrogen and oxygen atoms in total. The number of rotatable bonds is 6. The van der Waals surface area contributed by atoms with E-state index in [1.54, 1.807) is 6.07 Å². The van der Waals surface area contributed by atoms with Gasteiger partial charge in [0.05, 0.1) is 11.1 Å². The van der Waals surface area contributed by atoms with Crippen molar-refractivity contribution in [2.45, 2.75) is 32.7 Å². The average Bonchev–Trinajstić information content (AvgIpc) is 2.92. The monoisotopic (exact) mass is 297 g/mol. The summed E-state index contributed by atoms with van der Waals surface area (Å²) in [6.45, 7) is 5.01. The van der Waals surface area contributed by atoms with Crippen molar-refractivity contribution < 1.29 is 8.81 Å². The minimum Gasteiger partial charge on any atom is -0.419 e. The zero-order chi connectivity index (χ0) is 14.5. The Kier molecular flexibility index (Phi) is 5.09. The van der Waals surface area contributed by atoms with Gasteiger partial charge < -0.3 is 9.73 Å². The summed E-state index contributed by atoms with van der Waals surface area (Å²) >= 11 is 5.65. The van der Waals surface area contributed by atoms with E-state index in [1.165, 1.54) is 12.1 Å². The minimum atomic E-state index is -0.500. The van der Waals surface area contributed by atoms with Gasteiger partial charge in [0.15, 0.2) is 0 Å². The van der Waals surface area contributed by atoms with E-state index in [4.69, 9.17) is 16.0 Å². The van der Waals surface area contributed by atoms with Crippen LogP contribution in [0.1, 0.15) is 38.6 Å². The van der Waals surface area contributed by atoms with Crippen LogP contribution in [0, 0.1) is 5.82 Å². The summed E-state index contributed by atoms with van der Waals surface area (Å²) in [5.41, 5.74) is 0.524. The number of nitrogens with zero attached hydrogens (tertiary/aromatic N) is 2. The first-order valence-electron chi connectivity index (χ1n) is 6.67. The van der Waals surface area contributed by atoms with Gasteiger partial charge in [0, 0.05) is 5.56 Å². The highest BCUT2D eigenvalue weighted by Crippen LogP contribution is 2.25. The Morgan fingerprint density at radius 3 is 2.80 bits per heavy atom.